The second kappa shape index (κ2) is 7.24. The molecule has 0 aromatic heterocycles. The van der Waals surface area contributed by atoms with Gasteiger partial charge in [-0.25, -0.2) is 4.79 Å². The van der Waals surface area contributed by atoms with Gasteiger partial charge in [-0.3, -0.25) is 0 Å². The second-order valence-electron chi connectivity index (χ2n) is 4.30. The van der Waals surface area contributed by atoms with E-state index >= 15 is 0 Å². The summed E-state index contributed by atoms with van der Waals surface area (Å²) in [6.07, 6.45) is 0. The highest BCUT2D eigenvalue weighted by Crippen LogP contribution is 2.27. The van der Waals surface area contributed by atoms with Crippen LogP contribution in [-0.2, 0) is 0 Å². The maximum absolute atomic E-state index is 12.0. The minimum Gasteiger partial charge on any atom is -0.497 e. The fourth-order valence-corrected chi connectivity index (χ4v) is 2.21. The van der Waals surface area contributed by atoms with Crippen LogP contribution in [0.15, 0.2) is 36.4 Å². The van der Waals surface area contributed by atoms with Crippen LogP contribution in [0.4, 0.5) is 16.2 Å². The van der Waals surface area contributed by atoms with Crippen molar-refractivity contribution >= 4 is 40.6 Å². The fraction of sp³-hybridized carbons (Fsp3) is 0.133. The van der Waals surface area contributed by atoms with E-state index in [9.17, 15) is 4.79 Å². The SMILES string of the molecule is COc1cc(NC(=O)Nc2ccc(Cl)cc2Cl)cc(OC)c1. The minimum absolute atomic E-state index is 0.353. The molecule has 0 saturated heterocycles. The molecule has 2 N–H and O–H groups in total. The zero-order valence-electron chi connectivity index (χ0n) is 11.9. The van der Waals surface area contributed by atoms with Crippen LogP contribution < -0.4 is 20.1 Å². The van der Waals surface area contributed by atoms with E-state index in [0.29, 0.717) is 32.9 Å². The highest BCUT2D eigenvalue weighted by Gasteiger charge is 2.08. The Balaban J connectivity index is 2.11. The first kappa shape index (κ1) is 16.3. The highest BCUT2D eigenvalue weighted by atomic mass is 35.5. The first-order chi connectivity index (χ1) is 10.5. The number of hydrogen-bond acceptors (Lipinski definition) is 3. The molecule has 0 spiro atoms. The normalized spacial score (nSPS) is 10.0. The van der Waals surface area contributed by atoms with Crippen molar-refractivity contribution in [2.45, 2.75) is 0 Å². The van der Waals surface area contributed by atoms with Crippen molar-refractivity contribution in [1.29, 1.82) is 0 Å². The largest absolute Gasteiger partial charge is 0.497 e. The summed E-state index contributed by atoms with van der Waals surface area (Å²) in [6, 6.07) is 9.41. The smallest absolute Gasteiger partial charge is 0.323 e. The minimum atomic E-state index is -0.445. The first-order valence-corrected chi connectivity index (χ1v) is 7.03. The number of nitrogens with one attached hydrogen (secondary N) is 2. The Morgan fingerprint density at radius 3 is 2.14 bits per heavy atom. The van der Waals surface area contributed by atoms with Gasteiger partial charge >= 0.3 is 6.03 Å². The third kappa shape index (κ3) is 4.19. The van der Waals surface area contributed by atoms with Crippen molar-refractivity contribution in [2.75, 3.05) is 24.9 Å². The van der Waals surface area contributed by atoms with Crippen molar-refractivity contribution in [3.05, 3.63) is 46.4 Å². The van der Waals surface area contributed by atoms with E-state index in [1.807, 2.05) is 0 Å². The van der Waals surface area contributed by atoms with Gasteiger partial charge < -0.3 is 20.1 Å². The van der Waals surface area contributed by atoms with E-state index in [-0.39, 0.29) is 0 Å². The molecular formula is C15H14Cl2N2O3. The monoisotopic (exact) mass is 340 g/mol. The predicted molar refractivity (Wildman–Crippen MR) is 88.6 cm³/mol. The number of hydrogen-bond donors (Lipinski definition) is 2. The fourth-order valence-electron chi connectivity index (χ4n) is 1.76. The number of benzene rings is 2. The van der Waals surface area contributed by atoms with E-state index in [2.05, 4.69) is 10.6 Å². The molecule has 0 radical (unpaired) electrons. The van der Waals surface area contributed by atoms with Crippen molar-refractivity contribution < 1.29 is 14.3 Å². The lowest BCUT2D eigenvalue weighted by Gasteiger charge is -2.11. The zero-order chi connectivity index (χ0) is 16.1. The highest BCUT2D eigenvalue weighted by molar-refractivity contribution is 6.36. The van der Waals surface area contributed by atoms with E-state index in [4.69, 9.17) is 32.7 Å². The number of halogens is 2. The number of ether oxygens (including phenoxy) is 2. The predicted octanol–water partition coefficient (Wildman–Crippen LogP) is 4.65. The summed E-state index contributed by atoms with van der Waals surface area (Å²) in [4.78, 5) is 12.0. The lowest BCUT2D eigenvalue weighted by molar-refractivity contribution is 0.262. The van der Waals surface area contributed by atoms with Crippen LogP contribution in [0.2, 0.25) is 10.0 Å². The Hall–Kier alpha value is -2.11. The van der Waals surface area contributed by atoms with Crippen LogP contribution in [0.1, 0.15) is 0 Å². The van der Waals surface area contributed by atoms with Gasteiger partial charge in [-0.1, -0.05) is 23.2 Å². The van der Waals surface area contributed by atoms with E-state index in [1.165, 1.54) is 14.2 Å². The molecule has 116 valence electrons. The lowest BCUT2D eigenvalue weighted by Crippen LogP contribution is -2.19. The summed E-state index contributed by atoms with van der Waals surface area (Å²) in [5.74, 6) is 1.14. The van der Waals surface area contributed by atoms with Crippen molar-refractivity contribution in [2.24, 2.45) is 0 Å². The molecule has 0 saturated carbocycles. The maximum atomic E-state index is 12.0. The number of amides is 2. The molecular weight excluding hydrogens is 327 g/mol. The Kier molecular flexibility index (Phi) is 5.35. The summed E-state index contributed by atoms with van der Waals surface area (Å²) < 4.78 is 10.3. The molecule has 0 aliphatic rings. The quantitative estimate of drug-likeness (QED) is 0.851. The molecule has 2 aromatic carbocycles. The summed E-state index contributed by atoms with van der Waals surface area (Å²) in [6.45, 7) is 0. The van der Waals surface area contributed by atoms with Gasteiger partial charge in [-0.15, -0.1) is 0 Å². The lowest BCUT2D eigenvalue weighted by atomic mass is 10.2. The van der Waals surface area contributed by atoms with Crippen LogP contribution in [0.25, 0.3) is 0 Å². The third-order valence-electron chi connectivity index (χ3n) is 2.79. The summed E-state index contributed by atoms with van der Waals surface area (Å²) in [7, 11) is 3.07. The summed E-state index contributed by atoms with van der Waals surface area (Å²) in [5, 5.41) is 6.17. The zero-order valence-corrected chi connectivity index (χ0v) is 13.5. The molecule has 22 heavy (non-hydrogen) atoms. The Bertz CT molecular complexity index is 670. The van der Waals surface area contributed by atoms with Gasteiger partial charge in [0.1, 0.15) is 11.5 Å². The van der Waals surface area contributed by atoms with Gasteiger partial charge in [0.2, 0.25) is 0 Å². The van der Waals surface area contributed by atoms with Crippen molar-refractivity contribution in [3.63, 3.8) is 0 Å². The maximum Gasteiger partial charge on any atom is 0.323 e. The van der Waals surface area contributed by atoms with Gasteiger partial charge in [0.25, 0.3) is 0 Å². The number of rotatable bonds is 4. The number of methoxy groups -OCH3 is 2. The number of carbonyl (C=O) groups excluding carboxylic acids is 1. The summed E-state index contributed by atoms with van der Waals surface area (Å²) >= 11 is 11.8. The van der Waals surface area contributed by atoms with E-state index in [0.717, 1.165) is 0 Å². The molecule has 0 bridgehead atoms. The molecule has 0 atom stereocenters. The molecule has 7 heteroatoms. The number of anilines is 2. The van der Waals surface area contributed by atoms with E-state index < -0.39 is 6.03 Å². The van der Waals surface area contributed by atoms with Gasteiger partial charge in [-0.2, -0.15) is 0 Å². The molecule has 0 unspecified atom stereocenters. The Labute approximate surface area is 138 Å². The average molecular weight is 341 g/mol. The van der Waals surface area contributed by atoms with E-state index in [1.54, 1.807) is 36.4 Å². The second-order valence-corrected chi connectivity index (χ2v) is 5.15. The molecule has 0 aliphatic carbocycles. The number of urea groups is 1. The van der Waals surface area contributed by atoms with Crippen LogP contribution in [0.3, 0.4) is 0 Å². The Morgan fingerprint density at radius 1 is 0.955 bits per heavy atom. The molecule has 0 aliphatic heterocycles. The van der Waals surface area contributed by atoms with Crippen LogP contribution in [-0.4, -0.2) is 20.3 Å². The first-order valence-electron chi connectivity index (χ1n) is 6.28. The molecule has 2 aromatic rings. The van der Waals surface area contributed by atoms with Crippen LogP contribution in [0, 0.1) is 0 Å². The molecule has 2 amide bonds. The number of carbonyl (C=O) groups is 1. The van der Waals surface area contributed by atoms with Gasteiger partial charge in [-0.05, 0) is 18.2 Å². The molecule has 0 fully saturated rings. The van der Waals surface area contributed by atoms with Crippen LogP contribution in [0.5, 0.6) is 11.5 Å². The van der Waals surface area contributed by atoms with Gasteiger partial charge in [0, 0.05) is 28.9 Å². The average Bonchev–Trinajstić information content (AvgIpc) is 2.49. The standard InChI is InChI=1S/C15H14Cl2N2O3/c1-21-11-6-10(7-12(8-11)22-2)18-15(20)19-14-4-3-9(16)5-13(14)17/h3-8H,1-2H3,(H2,18,19,20). The van der Waals surface area contributed by atoms with Gasteiger partial charge in [0.05, 0.1) is 24.9 Å². The Morgan fingerprint density at radius 2 is 1.59 bits per heavy atom. The topological polar surface area (TPSA) is 59.6 Å². The third-order valence-corrected chi connectivity index (χ3v) is 3.34. The summed E-state index contributed by atoms with van der Waals surface area (Å²) in [5.41, 5.74) is 0.984. The van der Waals surface area contributed by atoms with Crippen molar-refractivity contribution in [3.8, 4) is 11.5 Å². The van der Waals surface area contributed by atoms with Crippen LogP contribution >= 0.6 is 23.2 Å². The molecule has 5 nitrogen and oxygen atoms in total. The van der Waals surface area contributed by atoms with Crippen molar-refractivity contribution in [1.82, 2.24) is 0 Å². The van der Waals surface area contributed by atoms with Gasteiger partial charge in [0.15, 0.2) is 0 Å². The molecule has 0 heterocycles. The molecule has 2 rings (SSSR count).